The number of fused-ring (bicyclic) bond motifs is 11. The van der Waals surface area contributed by atoms with Gasteiger partial charge in [-0.25, -0.2) is 0 Å². The summed E-state index contributed by atoms with van der Waals surface area (Å²) in [4.78, 5) is 0. The third-order valence-corrected chi connectivity index (χ3v) is 8.90. The number of hydrogen-bond acceptors (Lipinski definition) is 4. The van der Waals surface area contributed by atoms with Crippen molar-refractivity contribution in [2.24, 2.45) is 0 Å². The molecule has 0 spiro atoms. The summed E-state index contributed by atoms with van der Waals surface area (Å²) < 4.78 is 26.8. The molecule has 4 heteroatoms. The summed E-state index contributed by atoms with van der Waals surface area (Å²) in [5.74, 6) is 3.11. The van der Waals surface area contributed by atoms with Crippen LogP contribution in [0.1, 0.15) is 0 Å². The van der Waals surface area contributed by atoms with Gasteiger partial charge in [0.15, 0.2) is 22.3 Å². The molecule has 10 aromatic rings. The molecule has 0 radical (unpaired) electrons. The number of furan rings is 4. The minimum Gasteiger partial charge on any atom is -0.452 e. The Labute approximate surface area is 262 Å². The van der Waals surface area contributed by atoms with Crippen LogP contribution >= 0.6 is 0 Å². The minimum atomic E-state index is 0.707. The average molecular weight is 593 g/mol. The monoisotopic (exact) mass is 592 g/mol. The van der Waals surface area contributed by atoms with E-state index in [9.17, 15) is 0 Å². The molecule has 6 aromatic carbocycles. The number of rotatable bonds is 4. The molecule has 0 aliphatic rings. The van der Waals surface area contributed by atoms with Crippen molar-refractivity contribution in [1.82, 2.24) is 0 Å². The molecule has 4 aromatic heterocycles. The fraction of sp³-hybridized carbons (Fsp3) is 0. The molecule has 46 heavy (non-hydrogen) atoms. The Hall–Kier alpha value is -6.26. The van der Waals surface area contributed by atoms with Crippen molar-refractivity contribution in [1.29, 1.82) is 0 Å². The Bertz CT molecular complexity index is 2330. The van der Waals surface area contributed by atoms with Crippen molar-refractivity contribution < 1.29 is 17.7 Å². The van der Waals surface area contributed by atoms with Crippen molar-refractivity contribution in [3.05, 3.63) is 146 Å². The molecule has 0 fully saturated rings. The Morgan fingerprint density at radius 2 is 0.478 bits per heavy atom. The summed E-state index contributed by atoms with van der Waals surface area (Å²) >= 11 is 0. The maximum Gasteiger partial charge on any atom is 0.178 e. The summed E-state index contributed by atoms with van der Waals surface area (Å²) in [5, 5.41) is 5.94. The first kappa shape index (κ1) is 25.1. The van der Waals surface area contributed by atoms with E-state index in [-0.39, 0.29) is 0 Å². The van der Waals surface area contributed by atoms with Gasteiger partial charge in [-0.05, 0) is 24.3 Å². The SMILES string of the molecule is c1ccc(-c2cc3c(o2)c2oc(-c4ccccc4)cc2c2c4cc(-c5ccccc5)oc4c4oc(-c5ccccc5)cc4c32)cc1. The summed E-state index contributed by atoms with van der Waals surface area (Å²) in [6.07, 6.45) is 0. The van der Waals surface area contributed by atoms with Gasteiger partial charge in [0.1, 0.15) is 23.0 Å². The van der Waals surface area contributed by atoms with Gasteiger partial charge < -0.3 is 17.7 Å². The van der Waals surface area contributed by atoms with Gasteiger partial charge in [0.05, 0.1) is 0 Å². The van der Waals surface area contributed by atoms with Crippen LogP contribution in [0.2, 0.25) is 0 Å². The Kier molecular flexibility index (Phi) is 5.25. The fourth-order valence-electron chi connectivity index (χ4n) is 6.79. The van der Waals surface area contributed by atoms with E-state index in [0.717, 1.165) is 77.6 Å². The van der Waals surface area contributed by atoms with Gasteiger partial charge in [-0.1, -0.05) is 121 Å². The third-order valence-electron chi connectivity index (χ3n) is 8.90. The number of hydrogen-bond donors (Lipinski definition) is 0. The van der Waals surface area contributed by atoms with Crippen molar-refractivity contribution in [3.8, 4) is 45.3 Å². The first-order valence-corrected chi connectivity index (χ1v) is 15.3. The van der Waals surface area contributed by atoms with Crippen LogP contribution < -0.4 is 0 Å². The maximum absolute atomic E-state index is 6.70. The molecule has 0 aliphatic carbocycles. The molecule has 0 bridgehead atoms. The van der Waals surface area contributed by atoms with E-state index in [1.54, 1.807) is 0 Å². The van der Waals surface area contributed by atoms with Crippen molar-refractivity contribution >= 4 is 54.6 Å². The first-order valence-electron chi connectivity index (χ1n) is 15.3. The van der Waals surface area contributed by atoms with Crippen LogP contribution in [0.25, 0.3) is 99.9 Å². The summed E-state index contributed by atoms with van der Waals surface area (Å²) in [5.41, 5.74) is 6.82. The molecule has 0 saturated carbocycles. The van der Waals surface area contributed by atoms with Gasteiger partial charge in [-0.3, -0.25) is 0 Å². The first-order chi connectivity index (χ1) is 22.8. The second-order valence-corrected chi connectivity index (χ2v) is 11.6. The van der Waals surface area contributed by atoms with Crippen LogP contribution in [0.15, 0.2) is 163 Å². The maximum atomic E-state index is 6.70. The molecule has 0 saturated heterocycles. The fourth-order valence-corrected chi connectivity index (χ4v) is 6.79. The standard InChI is InChI=1S/C42H24O4/c1-5-13-25(14-6-1)33-21-29-37-30-22-35(27-17-9-3-10-18-27)45-41(30)42-32(24-36(46-42)28-19-11-4-12-20-28)38(37)31-23-34(26-15-7-2-8-16-26)44-40(31)39(29)43-33/h1-24H. The lowest BCUT2D eigenvalue weighted by molar-refractivity contribution is 0.598. The molecule has 0 N–H and O–H groups in total. The Morgan fingerprint density at radius 3 is 0.696 bits per heavy atom. The van der Waals surface area contributed by atoms with E-state index >= 15 is 0 Å². The lowest BCUT2D eigenvalue weighted by atomic mass is 9.95. The molecule has 0 unspecified atom stereocenters. The van der Waals surface area contributed by atoms with Crippen molar-refractivity contribution in [2.75, 3.05) is 0 Å². The molecule has 0 aliphatic heterocycles. The van der Waals surface area contributed by atoms with Crippen LogP contribution in [-0.2, 0) is 0 Å². The topological polar surface area (TPSA) is 52.6 Å². The molecular weight excluding hydrogens is 568 g/mol. The normalized spacial score (nSPS) is 11.9. The van der Waals surface area contributed by atoms with Gasteiger partial charge in [-0.15, -0.1) is 0 Å². The van der Waals surface area contributed by atoms with Gasteiger partial charge in [-0.2, -0.15) is 0 Å². The molecule has 216 valence electrons. The van der Waals surface area contributed by atoms with E-state index < -0.39 is 0 Å². The van der Waals surface area contributed by atoms with Crippen LogP contribution in [0.3, 0.4) is 0 Å². The summed E-state index contributed by atoms with van der Waals surface area (Å²) in [7, 11) is 0. The molecular formula is C42H24O4. The lowest BCUT2D eigenvalue weighted by Crippen LogP contribution is -1.80. The predicted molar refractivity (Wildman–Crippen MR) is 185 cm³/mol. The zero-order valence-electron chi connectivity index (χ0n) is 24.5. The van der Waals surface area contributed by atoms with Crippen molar-refractivity contribution in [3.63, 3.8) is 0 Å². The van der Waals surface area contributed by atoms with E-state index in [1.807, 2.05) is 72.8 Å². The quantitative estimate of drug-likeness (QED) is 0.204. The van der Waals surface area contributed by atoms with E-state index in [0.29, 0.717) is 22.3 Å². The lowest BCUT2D eigenvalue weighted by Gasteiger charge is -2.05. The summed E-state index contributed by atoms with van der Waals surface area (Å²) in [6, 6.07) is 49.3. The summed E-state index contributed by atoms with van der Waals surface area (Å²) in [6.45, 7) is 0. The van der Waals surface area contributed by atoms with Gasteiger partial charge in [0, 0.05) is 54.6 Å². The van der Waals surface area contributed by atoms with E-state index in [4.69, 9.17) is 17.7 Å². The highest BCUT2D eigenvalue weighted by molar-refractivity contribution is 6.38. The number of benzene rings is 6. The van der Waals surface area contributed by atoms with E-state index in [2.05, 4.69) is 72.8 Å². The Morgan fingerprint density at radius 1 is 0.261 bits per heavy atom. The van der Waals surface area contributed by atoms with Crippen LogP contribution in [-0.4, -0.2) is 0 Å². The van der Waals surface area contributed by atoms with Crippen LogP contribution in [0.5, 0.6) is 0 Å². The van der Waals surface area contributed by atoms with Crippen LogP contribution in [0, 0.1) is 0 Å². The zero-order valence-corrected chi connectivity index (χ0v) is 24.5. The smallest absolute Gasteiger partial charge is 0.178 e. The largest absolute Gasteiger partial charge is 0.452 e. The second-order valence-electron chi connectivity index (χ2n) is 11.6. The van der Waals surface area contributed by atoms with E-state index in [1.165, 1.54) is 0 Å². The molecule has 4 nitrogen and oxygen atoms in total. The predicted octanol–water partition coefficient (Wildman–Crippen LogP) is 12.5. The van der Waals surface area contributed by atoms with Crippen LogP contribution in [0.4, 0.5) is 0 Å². The zero-order chi connectivity index (χ0) is 30.2. The molecule has 10 rings (SSSR count). The third kappa shape index (κ3) is 3.67. The Balaban J connectivity index is 1.42. The highest BCUT2D eigenvalue weighted by atomic mass is 16.4. The molecule has 4 heterocycles. The average Bonchev–Trinajstić information content (AvgIpc) is 3.93. The van der Waals surface area contributed by atoms with Gasteiger partial charge >= 0.3 is 0 Å². The molecule has 0 amide bonds. The van der Waals surface area contributed by atoms with Gasteiger partial charge in [0.2, 0.25) is 0 Å². The minimum absolute atomic E-state index is 0.707. The highest BCUT2D eigenvalue weighted by Crippen LogP contribution is 2.50. The second kappa shape index (κ2) is 9.62. The van der Waals surface area contributed by atoms with Gasteiger partial charge in [0.25, 0.3) is 0 Å². The van der Waals surface area contributed by atoms with Crippen molar-refractivity contribution in [2.45, 2.75) is 0 Å². The molecule has 0 atom stereocenters. The highest BCUT2D eigenvalue weighted by Gasteiger charge is 2.26.